The number of fused-ring (bicyclic) bond motifs is 1. The first-order valence-corrected chi connectivity index (χ1v) is 12.6. The molecule has 34 heavy (non-hydrogen) atoms. The lowest BCUT2D eigenvalue weighted by atomic mass is 10.0. The number of Topliss-reactive ketones (excluding diaryl/α,β-unsaturated/α-hetero) is 1. The highest BCUT2D eigenvalue weighted by Crippen LogP contribution is 2.25. The maximum Gasteiger partial charge on any atom is 0.210 e. The summed E-state index contributed by atoms with van der Waals surface area (Å²) in [4.78, 5) is 13.0. The van der Waals surface area contributed by atoms with Gasteiger partial charge in [-0.15, -0.1) is 10.2 Å². The summed E-state index contributed by atoms with van der Waals surface area (Å²) in [5, 5.41) is 11.4. The summed E-state index contributed by atoms with van der Waals surface area (Å²) in [5.74, 6) is 7.30. The predicted molar refractivity (Wildman–Crippen MR) is 135 cm³/mol. The lowest BCUT2D eigenvalue weighted by molar-refractivity contribution is 0.0957. The second-order valence-corrected chi connectivity index (χ2v) is 9.77. The molecule has 8 heteroatoms. The molecule has 2 aromatic carbocycles. The number of benzene rings is 2. The third-order valence-corrected chi connectivity index (χ3v) is 7.52. The van der Waals surface area contributed by atoms with E-state index in [0.717, 1.165) is 48.5 Å². The van der Waals surface area contributed by atoms with E-state index >= 15 is 0 Å². The van der Waals surface area contributed by atoms with Gasteiger partial charge < -0.3 is 15.1 Å². The molecular weight excluding hydrogens is 446 g/mol. The number of thioether (sulfide) groups is 1. The van der Waals surface area contributed by atoms with Gasteiger partial charge in [0.1, 0.15) is 0 Å². The summed E-state index contributed by atoms with van der Waals surface area (Å²) >= 11 is 1.32. The molecule has 0 aliphatic carbocycles. The normalized spacial score (nSPS) is 15.9. The Morgan fingerprint density at radius 2 is 2.00 bits per heavy atom. The number of aromatic nitrogens is 4. The molecule has 0 radical (unpaired) electrons. The lowest BCUT2D eigenvalue weighted by Gasteiger charge is -2.14. The van der Waals surface area contributed by atoms with Crippen molar-refractivity contribution >= 4 is 28.3 Å². The number of carbonyl (C=O) groups excluding carboxylic acids is 1. The van der Waals surface area contributed by atoms with Gasteiger partial charge in [-0.3, -0.25) is 4.79 Å². The highest BCUT2D eigenvalue weighted by Gasteiger charge is 2.22. The zero-order chi connectivity index (χ0) is 23.7. The van der Waals surface area contributed by atoms with Crippen molar-refractivity contribution in [1.82, 2.24) is 19.4 Å². The van der Waals surface area contributed by atoms with Crippen molar-refractivity contribution in [3.63, 3.8) is 0 Å². The fraction of sp³-hybridized carbons (Fsp3) is 0.346. The second-order valence-electron chi connectivity index (χ2n) is 8.83. The smallest absolute Gasteiger partial charge is 0.210 e. The third kappa shape index (κ3) is 4.48. The van der Waals surface area contributed by atoms with E-state index in [0.29, 0.717) is 17.4 Å². The lowest BCUT2D eigenvalue weighted by Crippen LogP contribution is -2.17. The number of ketones is 1. The molecule has 0 saturated carbocycles. The molecule has 2 aromatic heterocycles. The van der Waals surface area contributed by atoms with Crippen molar-refractivity contribution in [2.45, 2.75) is 50.9 Å². The molecule has 0 unspecified atom stereocenters. The molecule has 4 aromatic rings. The van der Waals surface area contributed by atoms with Crippen molar-refractivity contribution < 1.29 is 9.53 Å². The van der Waals surface area contributed by atoms with E-state index in [1.54, 1.807) is 0 Å². The number of ether oxygens (including phenoxy) is 1. The molecule has 176 valence electrons. The molecular formula is C26H29N5O2S. The highest BCUT2D eigenvalue weighted by atomic mass is 32.2. The summed E-state index contributed by atoms with van der Waals surface area (Å²) in [6, 6.07) is 16.5. The maximum atomic E-state index is 13.0. The number of nitrogens with zero attached hydrogens (tertiary/aromatic N) is 4. The summed E-state index contributed by atoms with van der Waals surface area (Å²) in [6.07, 6.45) is 2.99. The molecule has 0 spiro atoms. The first-order chi connectivity index (χ1) is 16.5. The largest absolute Gasteiger partial charge is 0.376 e. The van der Waals surface area contributed by atoms with Crippen LogP contribution in [0.3, 0.4) is 0 Å². The highest BCUT2D eigenvalue weighted by molar-refractivity contribution is 7.99. The Bertz CT molecular complexity index is 1330. The number of nitrogens with two attached hydrogens (primary N) is 1. The SMILES string of the molecule is Cc1cc(C(=O)CSc2nnc(Cc3cccc4ccccc34)n2N)c(C)n1C[C@@H]1CCCO1. The van der Waals surface area contributed by atoms with Crippen LogP contribution in [0.2, 0.25) is 0 Å². The van der Waals surface area contributed by atoms with Crippen LogP contribution in [0.1, 0.15) is 46.0 Å². The number of nitrogen functional groups attached to an aromatic ring is 1. The van der Waals surface area contributed by atoms with E-state index in [1.165, 1.54) is 27.2 Å². The molecule has 0 amide bonds. The molecule has 1 saturated heterocycles. The van der Waals surface area contributed by atoms with Gasteiger partial charge >= 0.3 is 0 Å². The van der Waals surface area contributed by atoms with Crippen molar-refractivity contribution in [3.05, 3.63) is 76.9 Å². The maximum absolute atomic E-state index is 13.0. The topological polar surface area (TPSA) is 88.0 Å². The third-order valence-electron chi connectivity index (χ3n) is 6.58. The molecule has 2 N–H and O–H groups in total. The van der Waals surface area contributed by atoms with Gasteiger partial charge in [-0.25, -0.2) is 4.68 Å². The summed E-state index contributed by atoms with van der Waals surface area (Å²) in [7, 11) is 0. The van der Waals surface area contributed by atoms with E-state index in [2.05, 4.69) is 39.0 Å². The Morgan fingerprint density at radius 1 is 1.18 bits per heavy atom. The number of aryl methyl sites for hydroxylation is 1. The number of hydrogen-bond donors (Lipinski definition) is 1. The average molecular weight is 476 g/mol. The molecule has 1 aliphatic heterocycles. The van der Waals surface area contributed by atoms with Crippen LogP contribution in [0, 0.1) is 13.8 Å². The minimum Gasteiger partial charge on any atom is -0.376 e. The van der Waals surface area contributed by atoms with Gasteiger partial charge in [0.25, 0.3) is 0 Å². The van der Waals surface area contributed by atoms with Crippen molar-refractivity contribution in [2.75, 3.05) is 18.2 Å². The van der Waals surface area contributed by atoms with E-state index in [9.17, 15) is 4.79 Å². The Morgan fingerprint density at radius 3 is 2.82 bits per heavy atom. The van der Waals surface area contributed by atoms with Crippen LogP contribution in [-0.4, -0.2) is 43.7 Å². The van der Waals surface area contributed by atoms with Crippen molar-refractivity contribution in [3.8, 4) is 0 Å². The number of rotatable bonds is 8. The zero-order valence-corrected chi connectivity index (χ0v) is 20.3. The predicted octanol–water partition coefficient (Wildman–Crippen LogP) is 4.31. The number of carbonyl (C=O) groups is 1. The van der Waals surface area contributed by atoms with Crippen LogP contribution in [0.5, 0.6) is 0 Å². The molecule has 0 bridgehead atoms. The fourth-order valence-electron chi connectivity index (χ4n) is 4.71. The first-order valence-electron chi connectivity index (χ1n) is 11.6. The van der Waals surface area contributed by atoms with Crippen LogP contribution in [-0.2, 0) is 17.7 Å². The Labute approximate surface area is 203 Å². The zero-order valence-electron chi connectivity index (χ0n) is 19.5. The van der Waals surface area contributed by atoms with Crippen LogP contribution in [0.15, 0.2) is 53.7 Å². The van der Waals surface area contributed by atoms with Gasteiger partial charge in [0.2, 0.25) is 5.16 Å². The minimum absolute atomic E-state index is 0.0651. The molecule has 1 atom stereocenters. The summed E-state index contributed by atoms with van der Waals surface area (Å²) < 4.78 is 9.48. The van der Waals surface area contributed by atoms with Crippen LogP contribution in [0.25, 0.3) is 10.8 Å². The van der Waals surface area contributed by atoms with Crippen LogP contribution < -0.4 is 5.84 Å². The second kappa shape index (κ2) is 9.64. The van der Waals surface area contributed by atoms with Crippen LogP contribution >= 0.6 is 11.8 Å². The van der Waals surface area contributed by atoms with Gasteiger partial charge in [-0.05, 0) is 49.1 Å². The number of hydrogen-bond acceptors (Lipinski definition) is 6. The van der Waals surface area contributed by atoms with E-state index in [4.69, 9.17) is 10.6 Å². The molecule has 1 aliphatic rings. The van der Waals surface area contributed by atoms with E-state index < -0.39 is 0 Å². The Balaban J connectivity index is 1.27. The van der Waals surface area contributed by atoms with Crippen molar-refractivity contribution in [2.24, 2.45) is 0 Å². The summed E-state index contributed by atoms with van der Waals surface area (Å²) in [6.45, 7) is 5.68. The fourth-order valence-corrected chi connectivity index (χ4v) is 5.47. The molecule has 7 nitrogen and oxygen atoms in total. The Kier molecular flexibility index (Phi) is 6.43. The first kappa shape index (κ1) is 22.7. The molecule has 5 rings (SSSR count). The van der Waals surface area contributed by atoms with Gasteiger partial charge in [0.15, 0.2) is 11.6 Å². The minimum atomic E-state index is 0.0651. The average Bonchev–Trinajstić information content (AvgIpc) is 3.55. The van der Waals surface area contributed by atoms with Gasteiger partial charge in [0, 0.05) is 36.5 Å². The molecule has 1 fully saturated rings. The monoisotopic (exact) mass is 475 g/mol. The standard InChI is InChI=1S/C26H29N5O2S/c1-17-13-23(18(2)30(17)15-21-10-6-12-33-21)24(32)16-34-26-29-28-25(31(26)27)14-20-9-5-8-19-7-3-4-11-22(19)20/h3-5,7-9,11,13,21H,6,10,12,14-16,27H2,1-2H3/t21-/m0/s1. The van der Waals surface area contributed by atoms with Gasteiger partial charge in [-0.1, -0.05) is 54.2 Å². The summed E-state index contributed by atoms with van der Waals surface area (Å²) in [5.41, 5.74) is 3.97. The van der Waals surface area contributed by atoms with Gasteiger partial charge in [-0.2, -0.15) is 0 Å². The van der Waals surface area contributed by atoms with Crippen LogP contribution in [0.4, 0.5) is 0 Å². The van der Waals surface area contributed by atoms with Gasteiger partial charge in [0.05, 0.1) is 11.9 Å². The quantitative estimate of drug-likeness (QED) is 0.232. The van der Waals surface area contributed by atoms with Crippen molar-refractivity contribution in [1.29, 1.82) is 0 Å². The van der Waals surface area contributed by atoms with E-state index in [-0.39, 0.29) is 17.6 Å². The van der Waals surface area contributed by atoms with E-state index in [1.807, 2.05) is 38.1 Å². The Hall–Kier alpha value is -3.10. The molecule has 3 heterocycles.